The summed E-state index contributed by atoms with van der Waals surface area (Å²) in [6.07, 6.45) is 2.24. The van der Waals surface area contributed by atoms with E-state index < -0.39 is 53.8 Å². The van der Waals surface area contributed by atoms with Crippen molar-refractivity contribution in [1.29, 1.82) is 0 Å². The number of nitrogens with two attached hydrogens (primary N) is 1. The highest BCUT2D eigenvalue weighted by Crippen LogP contribution is 2.23. The Hall–Kier alpha value is -3.58. The number of fused-ring (bicyclic) bond motifs is 1. The topological polar surface area (TPSA) is 195 Å². The molecule has 0 radical (unpaired) electrons. The number of nitrogens with zero attached hydrogens (tertiary/aromatic N) is 1. The van der Waals surface area contributed by atoms with Gasteiger partial charge in [0, 0.05) is 42.2 Å². The van der Waals surface area contributed by atoms with Crippen LogP contribution in [-0.4, -0.2) is 86.2 Å². The lowest BCUT2D eigenvalue weighted by Gasteiger charge is -2.28. The van der Waals surface area contributed by atoms with Crippen LogP contribution < -0.4 is 16.4 Å². The van der Waals surface area contributed by atoms with Crippen LogP contribution in [0.2, 0.25) is 0 Å². The molecule has 7 N–H and O–H groups in total. The molecule has 12 nitrogen and oxygen atoms in total. The van der Waals surface area contributed by atoms with E-state index in [1.54, 1.807) is 6.20 Å². The molecule has 1 fully saturated rings. The Labute approximate surface area is 218 Å². The number of para-hydroxylation sites is 1. The van der Waals surface area contributed by atoms with E-state index >= 15 is 0 Å². The summed E-state index contributed by atoms with van der Waals surface area (Å²) in [6.45, 7) is 0.251. The van der Waals surface area contributed by atoms with Crippen LogP contribution in [0.4, 0.5) is 0 Å². The zero-order chi connectivity index (χ0) is 27.1. The Morgan fingerprint density at radius 2 is 1.81 bits per heavy atom. The quantitative estimate of drug-likeness (QED) is 0.183. The molecule has 200 valence electrons. The first-order chi connectivity index (χ1) is 17.6. The van der Waals surface area contributed by atoms with Gasteiger partial charge in [-0.1, -0.05) is 18.2 Å². The van der Waals surface area contributed by atoms with E-state index in [2.05, 4.69) is 28.2 Å². The normalized spacial score (nSPS) is 17.7. The first kappa shape index (κ1) is 28.0. The minimum Gasteiger partial charge on any atom is -0.481 e. The number of benzene rings is 1. The number of carbonyl (C=O) groups excluding carboxylic acids is 3. The minimum absolute atomic E-state index is 0.0861. The molecule has 4 unspecified atom stereocenters. The maximum atomic E-state index is 13.5. The molecule has 1 aliphatic heterocycles. The standard InChI is InChI=1S/C24H31N5O7S/c25-15(7-8-20(30)31)21(32)28-18(12-37)22(33)27-17(23(34)29-9-3-6-19(29)24(35)36)10-13-11-26-16-5-2-1-4-14(13)16/h1-2,4-5,11,15,17-19,26,37H,3,6-10,12,25H2,(H,27,33)(H,28,32)(H,30,31)(H,35,36). The SMILES string of the molecule is NC(CCC(=O)O)C(=O)NC(CS)C(=O)NC(Cc1c[nH]c2ccccc12)C(=O)N1CCCC1C(=O)O. The molecule has 3 amide bonds. The van der Waals surface area contributed by atoms with Crippen LogP contribution in [0.1, 0.15) is 31.2 Å². The maximum absolute atomic E-state index is 13.5. The number of hydrogen-bond acceptors (Lipinski definition) is 7. The van der Waals surface area contributed by atoms with Gasteiger partial charge in [-0.2, -0.15) is 12.6 Å². The molecule has 0 saturated carbocycles. The van der Waals surface area contributed by atoms with Gasteiger partial charge in [0.05, 0.1) is 6.04 Å². The summed E-state index contributed by atoms with van der Waals surface area (Å²) in [5.41, 5.74) is 7.33. The molecule has 4 atom stereocenters. The zero-order valence-electron chi connectivity index (χ0n) is 20.1. The number of rotatable bonds is 12. The van der Waals surface area contributed by atoms with E-state index in [1.165, 1.54) is 4.90 Å². The van der Waals surface area contributed by atoms with E-state index in [0.29, 0.717) is 12.8 Å². The Morgan fingerprint density at radius 1 is 1.11 bits per heavy atom. The van der Waals surface area contributed by atoms with Crippen LogP contribution in [0.25, 0.3) is 10.9 Å². The molecular weight excluding hydrogens is 502 g/mol. The third-order valence-electron chi connectivity index (χ3n) is 6.36. The van der Waals surface area contributed by atoms with Crippen LogP contribution >= 0.6 is 12.6 Å². The van der Waals surface area contributed by atoms with Gasteiger partial charge in [0.25, 0.3) is 0 Å². The highest BCUT2D eigenvalue weighted by atomic mass is 32.1. The average molecular weight is 534 g/mol. The fraction of sp³-hybridized carbons (Fsp3) is 0.458. The van der Waals surface area contributed by atoms with E-state index in [-0.39, 0.29) is 31.6 Å². The predicted octanol–water partition coefficient (Wildman–Crippen LogP) is -0.122. The van der Waals surface area contributed by atoms with Crippen LogP contribution in [0.3, 0.4) is 0 Å². The number of aromatic nitrogens is 1. The molecule has 0 bridgehead atoms. The number of aromatic amines is 1. The van der Waals surface area contributed by atoms with Crippen molar-refractivity contribution < 1.29 is 34.2 Å². The number of hydrogen-bond donors (Lipinski definition) is 7. The number of nitrogens with one attached hydrogen (secondary N) is 3. The lowest BCUT2D eigenvalue weighted by atomic mass is 10.0. The summed E-state index contributed by atoms with van der Waals surface area (Å²) in [5.74, 6) is -4.28. The van der Waals surface area contributed by atoms with Gasteiger partial charge in [0.15, 0.2) is 0 Å². The molecule has 3 rings (SSSR count). The summed E-state index contributed by atoms with van der Waals surface area (Å²) < 4.78 is 0. The summed E-state index contributed by atoms with van der Waals surface area (Å²) in [5, 5.41) is 24.3. The number of H-pyrrole nitrogens is 1. The third-order valence-corrected chi connectivity index (χ3v) is 6.72. The van der Waals surface area contributed by atoms with E-state index in [9.17, 15) is 29.1 Å². The van der Waals surface area contributed by atoms with Crippen molar-refractivity contribution in [2.75, 3.05) is 12.3 Å². The van der Waals surface area contributed by atoms with Crippen molar-refractivity contribution in [3.8, 4) is 0 Å². The summed E-state index contributed by atoms with van der Waals surface area (Å²) in [6, 6.07) is 3.06. The number of thiol groups is 1. The zero-order valence-corrected chi connectivity index (χ0v) is 20.9. The monoisotopic (exact) mass is 533 g/mol. The molecule has 1 aliphatic rings. The number of aliphatic carboxylic acids is 2. The Kier molecular flexibility index (Phi) is 9.53. The number of carboxylic acid groups (broad SMARTS) is 2. The molecule has 37 heavy (non-hydrogen) atoms. The lowest BCUT2D eigenvalue weighted by molar-refractivity contribution is -0.149. The molecule has 0 spiro atoms. The molecule has 2 aromatic rings. The van der Waals surface area contributed by atoms with Gasteiger partial charge < -0.3 is 36.5 Å². The maximum Gasteiger partial charge on any atom is 0.326 e. The third kappa shape index (κ3) is 7.01. The Bertz CT molecular complexity index is 1170. The van der Waals surface area contributed by atoms with Gasteiger partial charge >= 0.3 is 11.9 Å². The van der Waals surface area contributed by atoms with Crippen LogP contribution in [-0.2, 0) is 30.4 Å². The molecule has 0 aliphatic carbocycles. The van der Waals surface area contributed by atoms with Gasteiger partial charge in [-0.25, -0.2) is 4.79 Å². The minimum atomic E-state index is -1.15. The van der Waals surface area contributed by atoms with Gasteiger partial charge in [-0.05, 0) is 30.9 Å². The average Bonchev–Trinajstić information content (AvgIpc) is 3.52. The summed E-state index contributed by atoms with van der Waals surface area (Å²) >= 11 is 4.13. The first-order valence-corrected chi connectivity index (χ1v) is 12.5. The van der Waals surface area contributed by atoms with Gasteiger partial charge in [-0.3, -0.25) is 19.2 Å². The smallest absolute Gasteiger partial charge is 0.326 e. The van der Waals surface area contributed by atoms with Gasteiger partial charge in [0.1, 0.15) is 18.1 Å². The number of carboxylic acids is 2. The van der Waals surface area contributed by atoms with E-state index in [1.807, 2.05) is 24.3 Å². The van der Waals surface area contributed by atoms with E-state index in [0.717, 1.165) is 16.5 Å². The first-order valence-electron chi connectivity index (χ1n) is 11.9. The summed E-state index contributed by atoms with van der Waals surface area (Å²) in [7, 11) is 0. The van der Waals surface area contributed by atoms with Crippen molar-refractivity contribution in [2.24, 2.45) is 5.73 Å². The molecular formula is C24H31N5O7S. The lowest BCUT2D eigenvalue weighted by Crippen LogP contribution is -2.58. The van der Waals surface area contributed by atoms with Crippen LogP contribution in [0.15, 0.2) is 30.5 Å². The Morgan fingerprint density at radius 3 is 2.49 bits per heavy atom. The van der Waals surface area contributed by atoms with Gasteiger partial charge in [-0.15, -0.1) is 0 Å². The molecule has 13 heteroatoms. The number of likely N-dealkylation sites (tertiary alicyclic amines) is 1. The fourth-order valence-corrected chi connectivity index (χ4v) is 4.62. The highest BCUT2D eigenvalue weighted by molar-refractivity contribution is 7.80. The molecule has 2 heterocycles. The second kappa shape index (κ2) is 12.6. The second-order valence-corrected chi connectivity index (χ2v) is 9.30. The second-order valence-electron chi connectivity index (χ2n) is 8.94. The number of amides is 3. The molecule has 1 aromatic carbocycles. The van der Waals surface area contributed by atoms with Crippen molar-refractivity contribution in [1.82, 2.24) is 20.5 Å². The van der Waals surface area contributed by atoms with Crippen molar-refractivity contribution in [3.63, 3.8) is 0 Å². The van der Waals surface area contributed by atoms with E-state index in [4.69, 9.17) is 10.8 Å². The summed E-state index contributed by atoms with van der Waals surface area (Å²) in [4.78, 5) is 65.8. The number of carbonyl (C=O) groups is 5. The van der Waals surface area contributed by atoms with Crippen molar-refractivity contribution >= 4 is 53.2 Å². The Balaban J connectivity index is 1.79. The fourth-order valence-electron chi connectivity index (χ4n) is 4.36. The van der Waals surface area contributed by atoms with Crippen molar-refractivity contribution in [3.05, 3.63) is 36.0 Å². The van der Waals surface area contributed by atoms with Gasteiger partial charge in [0.2, 0.25) is 17.7 Å². The van der Waals surface area contributed by atoms with Crippen molar-refractivity contribution in [2.45, 2.75) is 56.3 Å². The molecule has 1 aromatic heterocycles. The van der Waals surface area contributed by atoms with Crippen LogP contribution in [0.5, 0.6) is 0 Å². The molecule has 1 saturated heterocycles. The highest BCUT2D eigenvalue weighted by Gasteiger charge is 2.38. The predicted molar refractivity (Wildman–Crippen MR) is 137 cm³/mol. The van der Waals surface area contributed by atoms with Crippen LogP contribution in [0, 0.1) is 0 Å². The largest absolute Gasteiger partial charge is 0.481 e.